The third-order valence-electron chi connectivity index (χ3n) is 1.81. The van der Waals surface area contributed by atoms with Crippen LogP contribution in [0, 0.1) is 10.1 Å². The smallest absolute Gasteiger partial charge is 0.269 e. The van der Waals surface area contributed by atoms with Gasteiger partial charge in [-0.1, -0.05) is 23.2 Å². The Bertz CT molecular complexity index is 515. The van der Waals surface area contributed by atoms with E-state index in [1.165, 1.54) is 24.3 Å². The lowest BCUT2D eigenvalue weighted by Crippen LogP contribution is -2.27. The van der Waals surface area contributed by atoms with E-state index in [4.69, 9.17) is 27.9 Å². The van der Waals surface area contributed by atoms with Crippen LogP contribution in [0.5, 0.6) is 5.75 Å². The Morgan fingerprint density at radius 3 is 2.37 bits per heavy atom. The third kappa shape index (κ3) is 4.72. The molecule has 102 valence electrons. The molecule has 9 heteroatoms. The number of nitro benzene ring substituents is 1. The van der Waals surface area contributed by atoms with Gasteiger partial charge in [-0.05, 0) is 12.1 Å². The minimum Gasteiger partial charge on any atom is -0.438 e. The Morgan fingerprint density at radius 2 is 1.95 bits per heavy atom. The molecule has 1 rings (SSSR count). The Labute approximate surface area is 116 Å². The van der Waals surface area contributed by atoms with Gasteiger partial charge in [0.05, 0.1) is 4.92 Å². The molecule has 0 unspecified atom stereocenters. The number of benzene rings is 1. The summed E-state index contributed by atoms with van der Waals surface area (Å²) < 4.78 is 16.7. The lowest BCUT2D eigenvalue weighted by atomic mass is 10.3. The van der Waals surface area contributed by atoms with E-state index >= 15 is 0 Å². The van der Waals surface area contributed by atoms with Gasteiger partial charge >= 0.3 is 0 Å². The predicted octanol–water partition coefficient (Wildman–Crippen LogP) is 2.66. The van der Waals surface area contributed by atoms with Crippen molar-refractivity contribution in [3.05, 3.63) is 44.8 Å². The van der Waals surface area contributed by atoms with Crippen LogP contribution in [0.15, 0.2) is 34.6 Å². The summed E-state index contributed by atoms with van der Waals surface area (Å²) >= 11 is 10.9. The molecule has 1 amide bonds. The van der Waals surface area contributed by atoms with Crippen LogP contribution < -0.4 is 10.1 Å². The first kappa shape index (κ1) is 15.2. The minimum absolute atomic E-state index is 0.136. The third-order valence-corrected chi connectivity index (χ3v) is 2.16. The van der Waals surface area contributed by atoms with Crippen LogP contribution in [0.2, 0.25) is 0 Å². The molecule has 0 radical (unpaired) electrons. The Balaban J connectivity index is 2.83. The maximum absolute atomic E-state index is 12.0. The second-order valence-electron chi connectivity index (χ2n) is 3.12. The summed E-state index contributed by atoms with van der Waals surface area (Å²) in [6.07, 6.45) is 0. The number of alkyl halides is 1. The van der Waals surface area contributed by atoms with E-state index in [0.29, 0.717) is 0 Å². The molecule has 19 heavy (non-hydrogen) atoms. The largest absolute Gasteiger partial charge is 0.438 e. The minimum atomic E-state index is -1.27. The SMILES string of the molecule is O=C(CF)NC(Oc1ccc([N+](=O)[O-])cc1)=C(Cl)Cl. The standard InChI is InChI=1S/C10H7Cl2FN2O4/c11-9(12)10(14-8(16)5-13)19-7-3-1-6(2-4-7)15(17)18/h1-4H,5H2,(H,14,16). The molecule has 6 nitrogen and oxygen atoms in total. The van der Waals surface area contributed by atoms with Gasteiger partial charge in [0.2, 0.25) is 5.88 Å². The Hall–Kier alpha value is -1.86. The van der Waals surface area contributed by atoms with Crippen molar-refractivity contribution in [3.63, 3.8) is 0 Å². The number of halogens is 3. The van der Waals surface area contributed by atoms with Gasteiger partial charge in [0, 0.05) is 12.1 Å². The normalized spacial score (nSPS) is 9.63. The van der Waals surface area contributed by atoms with Crippen LogP contribution in [0.1, 0.15) is 0 Å². The summed E-state index contributed by atoms with van der Waals surface area (Å²) in [5, 5.41) is 12.4. The summed E-state index contributed by atoms with van der Waals surface area (Å²) in [5.74, 6) is -1.21. The molecule has 0 aliphatic rings. The molecule has 0 atom stereocenters. The van der Waals surface area contributed by atoms with Crippen molar-refractivity contribution >= 4 is 34.8 Å². The maximum atomic E-state index is 12.0. The first-order chi connectivity index (χ1) is 8.93. The Kier molecular flexibility index (Phi) is 5.53. The molecule has 0 spiro atoms. The fraction of sp³-hybridized carbons (Fsp3) is 0.100. The van der Waals surface area contributed by atoms with Gasteiger partial charge in [-0.15, -0.1) is 0 Å². The van der Waals surface area contributed by atoms with Gasteiger partial charge < -0.3 is 4.74 Å². The molecule has 0 saturated carbocycles. The molecule has 0 aromatic heterocycles. The number of nitrogens with zero attached hydrogens (tertiary/aromatic N) is 1. The molecule has 0 aliphatic carbocycles. The van der Waals surface area contributed by atoms with E-state index in [1.807, 2.05) is 5.32 Å². The van der Waals surface area contributed by atoms with E-state index in [1.54, 1.807) is 0 Å². The first-order valence-electron chi connectivity index (χ1n) is 4.77. The summed E-state index contributed by atoms with van der Waals surface area (Å²) in [5.41, 5.74) is -0.136. The highest BCUT2D eigenvalue weighted by atomic mass is 35.5. The van der Waals surface area contributed by atoms with Gasteiger partial charge in [0.1, 0.15) is 5.75 Å². The van der Waals surface area contributed by atoms with E-state index < -0.39 is 22.0 Å². The number of hydrogen-bond donors (Lipinski definition) is 1. The molecule has 0 bridgehead atoms. The van der Waals surface area contributed by atoms with E-state index in [9.17, 15) is 19.3 Å². The van der Waals surface area contributed by atoms with Crippen LogP contribution in [0.3, 0.4) is 0 Å². The van der Waals surface area contributed by atoms with Crippen molar-refractivity contribution in [2.75, 3.05) is 6.67 Å². The second kappa shape index (κ2) is 6.91. The zero-order valence-electron chi connectivity index (χ0n) is 9.23. The van der Waals surface area contributed by atoms with Gasteiger partial charge in [0.25, 0.3) is 11.6 Å². The van der Waals surface area contributed by atoms with Gasteiger partial charge in [-0.2, -0.15) is 0 Å². The lowest BCUT2D eigenvalue weighted by Gasteiger charge is -2.10. The first-order valence-corrected chi connectivity index (χ1v) is 5.53. The number of carbonyl (C=O) groups is 1. The molecule has 0 aliphatic heterocycles. The number of nitrogens with one attached hydrogen (secondary N) is 1. The summed E-state index contributed by atoms with van der Waals surface area (Å²) in [7, 11) is 0. The van der Waals surface area contributed by atoms with E-state index in [0.717, 1.165) is 0 Å². The summed E-state index contributed by atoms with van der Waals surface area (Å²) in [6, 6.07) is 4.92. The van der Waals surface area contributed by atoms with Crippen LogP contribution in [0.25, 0.3) is 0 Å². The number of hydrogen-bond acceptors (Lipinski definition) is 4. The van der Waals surface area contributed by atoms with Gasteiger partial charge in [0.15, 0.2) is 11.2 Å². The molecular weight excluding hydrogens is 302 g/mol. The highest BCUT2D eigenvalue weighted by molar-refractivity contribution is 6.56. The topological polar surface area (TPSA) is 81.5 Å². The highest BCUT2D eigenvalue weighted by Gasteiger charge is 2.12. The van der Waals surface area contributed by atoms with Crippen molar-refractivity contribution < 1.29 is 18.8 Å². The van der Waals surface area contributed by atoms with Crippen molar-refractivity contribution in [2.24, 2.45) is 0 Å². The van der Waals surface area contributed by atoms with Gasteiger partial charge in [-0.3, -0.25) is 20.2 Å². The summed E-state index contributed by atoms with van der Waals surface area (Å²) in [6.45, 7) is -1.27. The molecule has 0 heterocycles. The number of nitro groups is 1. The molecular formula is C10H7Cl2FN2O4. The number of rotatable bonds is 5. The molecule has 1 N–H and O–H groups in total. The second-order valence-corrected chi connectivity index (χ2v) is 4.07. The van der Waals surface area contributed by atoms with Crippen molar-refractivity contribution in [1.82, 2.24) is 5.32 Å². The van der Waals surface area contributed by atoms with E-state index in [-0.39, 0.29) is 17.3 Å². The fourth-order valence-corrected chi connectivity index (χ4v) is 1.20. The number of amides is 1. The quantitative estimate of drug-likeness (QED) is 0.515. The fourth-order valence-electron chi connectivity index (χ4n) is 1.03. The maximum Gasteiger partial charge on any atom is 0.269 e. The van der Waals surface area contributed by atoms with E-state index in [2.05, 4.69) is 0 Å². The van der Waals surface area contributed by atoms with Gasteiger partial charge in [-0.25, -0.2) is 4.39 Å². The summed E-state index contributed by atoms with van der Waals surface area (Å²) in [4.78, 5) is 20.7. The van der Waals surface area contributed by atoms with Crippen LogP contribution in [0.4, 0.5) is 10.1 Å². The number of ether oxygens (including phenoxy) is 1. The van der Waals surface area contributed by atoms with Crippen LogP contribution in [-0.2, 0) is 4.79 Å². The zero-order chi connectivity index (χ0) is 14.4. The average Bonchev–Trinajstić information content (AvgIpc) is 2.38. The molecule has 1 aromatic carbocycles. The van der Waals surface area contributed by atoms with Crippen molar-refractivity contribution in [2.45, 2.75) is 0 Å². The molecule has 0 fully saturated rings. The monoisotopic (exact) mass is 308 g/mol. The van der Waals surface area contributed by atoms with Crippen molar-refractivity contribution in [1.29, 1.82) is 0 Å². The zero-order valence-corrected chi connectivity index (χ0v) is 10.7. The Morgan fingerprint density at radius 1 is 1.37 bits per heavy atom. The van der Waals surface area contributed by atoms with Crippen LogP contribution in [-0.4, -0.2) is 17.5 Å². The van der Waals surface area contributed by atoms with Crippen LogP contribution >= 0.6 is 23.2 Å². The predicted molar refractivity (Wildman–Crippen MR) is 66.6 cm³/mol. The lowest BCUT2D eigenvalue weighted by molar-refractivity contribution is -0.384. The average molecular weight is 309 g/mol. The highest BCUT2D eigenvalue weighted by Crippen LogP contribution is 2.21. The molecule has 1 aromatic rings. The molecule has 0 saturated heterocycles. The number of carbonyl (C=O) groups excluding carboxylic acids is 1. The number of non-ortho nitro benzene ring substituents is 1. The van der Waals surface area contributed by atoms with Crippen molar-refractivity contribution in [3.8, 4) is 5.75 Å².